The molecule has 16 rings (SSSR count). The number of para-hydroxylation sites is 2. The second kappa shape index (κ2) is 15.3. The van der Waals surface area contributed by atoms with Crippen LogP contribution in [0.25, 0.3) is 21.9 Å². The maximum absolute atomic E-state index is 2.96. The highest BCUT2D eigenvalue weighted by Crippen LogP contribution is 2.65. The zero-order chi connectivity index (χ0) is 48.3. The van der Waals surface area contributed by atoms with E-state index in [9.17, 15) is 0 Å². The van der Waals surface area contributed by atoms with E-state index in [-0.39, 0.29) is 28.5 Å². The van der Waals surface area contributed by atoms with E-state index in [0.717, 1.165) is 34.8 Å². The Morgan fingerprint density at radius 2 is 1.21 bits per heavy atom. The third-order valence-corrected chi connectivity index (χ3v) is 20.0. The lowest BCUT2D eigenvalue weighted by Crippen LogP contribution is -2.64. The van der Waals surface area contributed by atoms with Crippen LogP contribution in [0.2, 0.25) is 0 Å². The molecular weight excluding hydrogens is 870 g/mol. The van der Waals surface area contributed by atoms with E-state index in [4.69, 9.17) is 0 Å². The molecule has 3 nitrogen and oxygen atoms in total. The van der Waals surface area contributed by atoms with Crippen LogP contribution in [0.4, 0.5) is 45.5 Å². The average molecular weight is 936 g/mol. The smallest absolute Gasteiger partial charge is 0.252 e. The van der Waals surface area contributed by atoms with Crippen LogP contribution in [0.5, 0.6) is 0 Å². The summed E-state index contributed by atoms with van der Waals surface area (Å²) in [5.74, 6) is 2.60. The van der Waals surface area contributed by atoms with Crippen molar-refractivity contribution in [3.05, 3.63) is 187 Å². The van der Waals surface area contributed by atoms with Crippen molar-refractivity contribution >= 4 is 79.4 Å². The van der Waals surface area contributed by atoms with Crippen molar-refractivity contribution in [1.82, 2.24) is 0 Å². The molecule has 356 valence electrons. The lowest BCUT2D eigenvalue weighted by Gasteiger charge is -2.58. The molecule has 0 spiro atoms. The van der Waals surface area contributed by atoms with Crippen LogP contribution < -0.4 is 31.1 Å². The molecule has 8 aromatic rings. The SMILES string of the molecule is CC(C)(C)c1ccc(N(c2cccc(-c3ccc4ccccc4c3)c2)c2ccc3c(c2)N(c2ccccc2)c2cc(C45CC6CC(CC(C6)C4)C5)cc4c2B3c2cccc3c2N4C2(C)CCCCC32C)cc1. The van der Waals surface area contributed by atoms with Gasteiger partial charge in [-0.25, -0.2) is 0 Å². The van der Waals surface area contributed by atoms with Crippen LogP contribution in [-0.2, 0) is 16.2 Å². The summed E-state index contributed by atoms with van der Waals surface area (Å²) in [7, 11) is 0. The number of hydrogen-bond acceptors (Lipinski definition) is 3. The van der Waals surface area contributed by atoms with Gasteiger partial charge in [0.1, 0.15) is 0 Å². The summed E-state index contributed by atoms with van der Waals surface area (Å²) < 4.78 is 0. The minimum Gasteiger partial charge on any atom is -0.335 e. The van der Waals surface area contributed by atoms with Crippen molar-refractivity contribution < 1.29 is 0 Å². The van der Waals surface area contributed by atoms with Crippen molar-refractivity contribution in [2.45, 2.75) is 121 Å². The predicted octanol–water partition coefficient (Wildman–Crippen LogP) is 16.1. The molecule has 0 radical (unpaired) electrons. The molecule has 5 fully saturated rings. The van der Waals surface area contributed by atoms with Gasteiger partial charge in [-0.15, -0.1) is 0 Å². The predicted molar refractivity (Wildman–Crippen MR) is 305 cm³/mol. The molecule has 0 saturated heterocycles. The first-order valence-electron chi connectivity index (χ1n) is 27.6. The van der Waals surface area contributed by atoms with E-state index in [1.54, 1.807) is 11.1 Å². The van der Waals surface area contributed by atoms with Gasteiger partial charge >= 0.3 is 0 Å². The Morgan fingerprint density at radius 3 is 1.97 bits per heavy atom. The van der Waals surface area contributed by atoms with Gasteiger partial charge in [0.15, 0.2) is 0 Å². The van der Waals surface area contributed by atoms with E-state index in [0.29, 0.717) is 0 Å². The number of benzene rings is 8. The van der Waals surface area contributed by atoms with Gasteiger partial charge in [0.25, 0.3) is 6.71 Å². The Kier molecular flexibility index (Phi) is 9.14. The van der Waals surface area contributed by atoms with Gasteiger partial charge in [-0.1, -0.05) is 144 Å². The first-order valence-corrected chi connectivity index (χ1v) is 27.6. The second-order valence-electron chi connectivity index (χ2n) is 25.1. The summed E-state index contributed by atoms with van der Waals surface area (Å²) in [6, 6.07) is 66.1. The largest absolute Gasteiger partial charge is 0.335 e. The van der Waals surface area contributed by atoms with E-state index < -0.39 is 0 Å². The molecule has 0 aromatic heterocycles. The molecule has 8 aliphatic rings. The number of nitrogens with zero attached hydrogens (tertiary/aromatic N) is 3. The fourth-order valence-electron chi connectivity index (χ4n) is 16.8. The summed E-state index contributed by atoms with van der Waals surface area (Å²) >= 11 is 0. The van der Waals surface area contributed by atoms with Crippen molar-refractivity contribution in [1.29, 1.82) is 0 Å². The standard InChI is InChI=1S/C68H66BN3/c1-65(2,3)51-25-27-54(28-26-51)70(55-20-13-17-49(37-55)50-24-23-47-15-9-10-16-48(47)36-50)56-29-30-58-60(40-56)71(53-18-7-6-8-19-53)61-38-52(68-41-44-33-45(42-68)35-46(34-44)43-68)39-62-63(61)69(58)59-22-14-21-57-64(59)72(62)67(5)32-12-11-31-66(57,67)4/h6-10,13-30,36-40,44-46H,11-12,31-35,41-43H2,1-5H3. The van der Waals surface area contributed by atoms with E-state index in [1.165, 1.54) is 136 Å². The lowest BCUT2D eigenvalue weighted by atomic mass is 9.33. The number of fused-ring (bicyclic) bond motifs is 8. The van der Waals surface area contributed by atoms with Gasteiger partial charge in [-0.05, 0) is 209 Å². The normalized spacial score (nSPS) is 26.1. The summed E-state index contributed by atoms with van der Waals surface area (Å²) in [5, 5.41) is 2.53. The average Bonchev–Trinajstić information content (AvgIpc) is 3.62. The minimum absolute atomic E-state index is 0.00530. The molecule has 0 N–H and O–H groups in total. The molecule has 3 heterocycles. The molecular formula is C68H66BN3. The van der Waals surface area contributed by atoms with Crippen molar-refractivity contribution in [2.24, 2.45) is 17.8 Å². The maximum Gasteiger partial charge on any atom is 0.252 e. The van der Waals surface area contributed by atoms with Crippen LogP contribution in [0, 0.1) is 17.8 Å². The van der Waals surface area contributed by atoms with Gasteiger partial charge in [-0.3, -0.25) is 0 Å². The number of rotatable bonds is 6. The summed E-state index contributed by atoms with van der Waals surface area (Å²) in [6.45, 7) is 12.3. The fourth-order valence-corrected chi connectivity index (χ4v) is 16.8. The zero-order valence-corrected chi connectivity index (χ0v) is 42.9. The molecule has 4 bridgehead atoms. The van der Waals surface area contributed by atoms with Gasteiger partial charge < -0.3 is 14.7 Å². The maximum atomic E-state index is 2.96. The molecule has 3 aliphatic heterocycles. The molecule has 5 saturated carbocycles. The van der Waals surface area contributed by atoms with Gasteiger partial charge in [0.2, 0.25) is 0 Å². The van der Waals surface area contributed by atoms with Crippen LogP contribution in [0.3, 0.4) is 0 Å². The van der Waals surface area contributed by atoms with Crippen LogP contribution >= 0.6 is 0 Å². The molecule has 2 unspecified atom stereocenters. The topological polar surface area (TPSA) is 9.72 Å². The molecule has 2 atom stereocenters. The van der Waals surface area contributed by atoms with E-state index in [2.05, 4.69) is 219 Å². The molecule has 5 aliphatic carbocycles. The highest BCUT2D eigenvalue weighted by molar-refractivity contribution is 7.00. The highest BCUT2D eigenvalue weighted by Gasteiger charge is 2.62. The van der Waals surface area contributed by atoms with Crippen LogP contribution in [0.15, 0.2) is 170 Å². The molecule has 8 aromatic carbocycles. The first kappa shape index (κ1) is 43.1. The number of anilines is 8. The van der Waals surface area contributed by atoms with Crippen LogP contribution in [-0.4, -0.2) is 12.3 Å². The van der Waals surface area contributed by atoms with Crippen molar-refractivity contribution in [2.75, 3.05) is 14.7 Å². The number of hydrogen-bond donors (Lipinski definition) is 0. The van der Waals surface area contributed by atoms with Crippen molar-refractivity contribution in [3.63, 3.8) is 0 Å². The molecule has 4 heteroatoms. The van der Waals surface area contributed by atoms with Gasteiger partial charge in [0, 0.05) is 50.9 Å². The highest BCUT2D eigenvalue weighted by atomic mass is 15.3. The minimum atomic E-state index is -0.00530. The Labute approximate surface area is 428 Å². The summed E-state index contributed by atoms with van der Waals surface area (Å²) in [6.07, 6.45) is 13.4. The zero-order valence-electron chi connectivity index (χ0n) is 42.9. The summed E-state index contributed by atoms with van der Waals surface area (Å²) in [5.41, 5.74) is 22.1. The molecule has 72 heavy (non-hydrogen) atoms. The van der Waals surface area contributed by atoms with Crippen LogP contribution in [0.1, 0.15) is 116 Å². The van der Waals surface area contributed by atoms with Gasteiger partial charge in [0.05, 0.1) is 5.54 Å². The van der Waals surface area contributed by atoms with E-state index >= 15 is 0 Å². The Bertz CT molecular complexity index is 3480. The third-order valence-electron chi connectivity index (χ3n) is 20.0. The monoisotopic (exact) mass is 936 g/mol. The first-order chi connectivity index (χ1) is 35.0. The second-order valence-corrected chi connectivity index (χ2v) is 25.1. The quantitative estimate of drug-likeness (QED) is 0.154. The Hall–Kier alpha value is -6.52. The Balaban J connectivity index is 0.976. The third kappa shape index (κ3) is 6.11. The fraction of sp³-hybridized carbons (Fsp3) is 0.324. The summed E-state index contributed by atoms with van der Waals surface area (Å²) in [4.78, 5) is 8.19. The van der Waals surface area contributed by atoms with Crippen molar-refractivity contribution in [3.8, 4) is 11.1 Å². The lowest BCUT2D eigenvalue weighted by molar-refractivity contribution is -0.00515. The van der Waals surface area contributed by atoms with E-state index in [1.807, 2.05) is 0 Å². The molecule has 0 amide bonds. The Morgan fingerprint density at radius 1 is 0.542 bits per heavy atom. The van der Waals surface area contributed by atoms with Gasteiger partial charge in [-0.2, -0.15) is 0 Å².